The molecule has 3 rings (SSSR count). The molecule has 0 saturated heterocycles. The van der Waals surface area contributed by atoms with Gasteiger partial charge in [0.05, 0.1) is 22.5 Å². The maximum absolute atomic E-state index is 12.4. The summed E-state index contributed by atoms with van der Waals surface area (Å²) in [5.74, 6) is 2.14. The van der Waals surface area contributed by atoms with E-state index in [1.54, 1.807) is 6.92 Å². The first-order chi connectivity index (χ1) is 13.3. The second-order valence-corrected chi connectivity index (χ2v) is 8.35. The second-order valence-electron chi connectivity index (χ2n) is 7.94. The Hall–Kier alpha value is -2.33. The Bertz CT molecular complexity index is 1050. The fraction of sp³-hybridized carbons (Fsp3) is 0.391. The molecule has 2 aromatic carbocycles. The first kappa shape index (κ1) is 20.4. The molecule has 1 heterocycles. The van der Waals surface area contributed by atoms with Crippen LogP contribution in [0.2, 0.25) is 5.02 Å². The molecule has 0 aliphatic carbocycles. The molecule has 3 aromatic rings. The van der Waals surface area contributed by atoms with Gasteiger partial charge in [-0.3, -0.25) is 4.79 Å². The number of ether oxygens (including phenoxy) is 1. The predicted octanol–water partition coefficient (Wildman–Crippen LogP) is 6.10. The summed E-state index contributed by atoms with van der Waals surface area (Å²) < 4.78 is 5.92. The van der Waals surface area contributed by atoms with Crippen LogP contribution in [0.4, 0.5) is 0 Å². The molecule has 0 bridgehead atoms. The second kappa shape index (κ2) is 8.36. The number of rotatable bonds is 6. The Balaban J connectivity index is 2.11. The summed E-state index contributed by atoms with van der Waals surface area (Å²) in [6.45, 7) is 11.0. The monoisotopic (exact) mass is 398 g/mol. The zero-order chi connectivity index (χ0) is 20.4. The number of hydrogen-bond donors (Lipinski definition) is 1. The van der Waals surface area contributed by atoms with Crippen LogP contribution in [0.15, 0.2) is 35.1 Å². The van der Waals surface area contributed by atoms with Gasteiger partial charge in [-0.05, 0) is 66.1 Å². The third kappa shape index (κ3) is 4.39. The molecule has 0 radical (unpaired) electrons. The van der Waals surface area contributed by atoms with Gasteiger partial charge in [-0.15, -0.1) is 0 Å². The quantitative estimate of drug-likeness (QED) is 0.545. The van der Waals surface area contributed by atoms with Crippen LogP contribution in [0, 0.1) is 12.8 Å². The van der Waals surface area contributed by atoms with Crippen molar-refractivity contribution >= 4 is 22.5 Å². The third-order valence-electron chi connectivity index (χ3n) is 4.81. The van der Waals surface area contributed by atoms with Gasteiger partial charge < -0.3 is 9.72 Å². The van der Waals surface area contributed by atoms with Crippen molar-refractivity contribution in [3.05, 3.63) is 57.1 Å². The van der Waals surface area contributed by atoms with Gasteiger partial charge in [-0.2, -0.15) is 0 Å². The van der Waals surface area contributed by atoms with Gasteiger partial charge in [-0.1, -0.05) is 45.4 Å². The molecule has 0 spiro atoms. The van der Waals surface area contributed by atoms with Gasteiger partial charge in [0.1, 0.15) is 11.6 Å². The van der Waals surface area contributed by atoms with Gasteiger partial charge >= 0.3 is 0 Å². The van der Waals surface area contributed by atoms with Gasteiger partial charge in [-0.25, -0.2) is 4.98 Å². The highest BCUT2D eigenvalue weighted by molar-refractivity contribution is 6.32. The normalized spacial score (nSPS) is 11.6. The summed E-state index contributed by atoms with van der Waals surface area (Å²) in [4.78, 5) is 19.7. The van der Waals surface area contributed by atoms with Gasteiger partial charge in [0, 0.05) is 0 Å². The van der Waals surface area contributed by atoms with Crippen LogP contribution < -0.4 is 10.3 Å². The molecular formula is C23H27ClN2O2. The minimum absolute atomic E-state index is 0.124. The van der Waals surface area contributed by atoms with E-state index in [-0.39, 0.29) is 11.5 Å². The lowest BCUT2D eigenvalue weighted by atomic mass is 9.91. The summed E-state index contributed by atoms with van der Waals surface area (Å²) in [7, 11) is 0. The summed E-state index contributed by atoms with van der Waals surface area (Å²) >= 11 is 6.35. The zero-order valence-corrected chi connectivity index (χ0v) is 17.9. The number of H-pyrrole nitrogens is 1. The number of benzene rings is 2. The SMILES string of the molecule is Cc1nc2cc(C(C)C)c(-c3ccc(Cl)c(OCCC(C)C)c3)cc2c(=O)[nH]1. The number of nitrogens with one attached hydrogen (secondary N) is 1. The van der Waals surface area contributed by atoms with Crippen molar-refractivity contribution in [2.75, 3.05) is 6.61 Å². The summed E-state index contributed by atoms with van der Waals surface area (Å²) in [6.07, 6.45) is 0.966. The van der Waals surface area contributed by atoms with Crippen LogP contribution in [-0.4, -0.2) is 16.6 Å². The van der Waals surface area contributed by atoms with Crippen LogP contribution in [-0.2, 0) is 0 Å². The minimum atomic E-state index is -0.124. The summed E-state index contributed by atoms with van der Waals surface area (Å²) in [5, 5.41) is 1.18. The molecule has 4 nitrogen and oxygen atoms in total. The van der Waals surface area contributed by atoms with E-state index >= 15 is 0 Å². The summed E-state index contributed by atoms with van der Waals surface area (Å²) in [6, 6.07) is 9.74. The van der Waals surface area contributed by atoms with E-state index in [9.17, 15) is 4.79 Å². The molecule has 0 aliphatic rings. The maximum atomic E-state index is 12.4. The zero-order valence-electron chi connectivity index (χ0n) is 17.1. The van der Waals surface area contributed by atoms with Crippen molar-refractivity contribution in [3.8, 4) is 16.9 Å². The molecule has 5 heteroatoms. The first-order valence-corrected chi connectivity index (χ1v) is 10.1. The van der Waals surface area contributed by atoms with Crippen molar-refractivity contribution in [2.45, 2.75) is 47.0 Å². The molecule has 0 fully saturated rings. The molecule has 0 saturated carbocycles. The lowest BCUT2D eigenvalue weighted by Crippen LogP contribution is -2.10. The van der Waals surface area contributed by atoms with Gasteiger partial charge in [0.25, 0.3) is 5.56 Å². The van der Waals surface area contributed by atoms with E-state index in [4.69, 9.17) is 16.3 Å². The molecule has 1 N–H and O–H groups in total. The first-order valence-electron chi connectivity index (χ1n) is 9.73. The minimum Gasteiger partial charge on any atom is -0.492 e. The number of aryl methyl sites for hydroxylation is 1. The molecule has 0 aliphatic heterocycles. The van der Waals surface area contributed by atoms with Crippen LogP contribution >= 0.6 is 11.6 Å². The standard InChI is InChI=1S/C23H27ClN2O2/c1-13(2)8-9-28-22-10-16(6-7-20(22)24)18-11-19-21(12-17(18)14(3)4)25-15(5)26-23(19)27/h6-7,10-14H,8-9H2,1-5H3,(H,25,26,27). The molecule has 0 unspecified atom stereocenters. The van der Waals surface area contributed by atoms with E-state index < -0.39 is 0 Å². The largest absolute Gasteiger partial charge is 0.492 e. The number of aromatic amines is 1. The topological polar surface area (TPSA) is 55.0 Å². The third-order valence-corrected chi connectivity index (χ3v) is 5.12. The molecule has 1 aromatic heterocycles. The van der Waals surface area contributed by atoms with E-state index in [1.807, 2.05) is 30.3 Å². The van der Waals surface area contributed by atoms with E-state index in [2.05, 4.69) is 37.7 Å². The highest BCUT2D eigenvalue weighted by Crippen LogP contribution is 2.36. The fourth-order valence-electron chi connectivity index (χ4n) is 3.23. The predicted molar refractivity (Wildman–Crippen MR) is 117 cm³/mol. The number of hydrogen-bond acceptors (Lipinski definition) is 3. The Kier molecular flexibility index (Phi) is 6.09. The highest BCUT2D eigenvalue weighted by atomic mass is 35.5. The number of aromatic nitrogens is 2. The molecule has 148 valence electrons. The van der Waals surface area contributed by atoms with E-state index in [1.165, 1.54) is 0 Å². The van der Waals surface area contributed by atoms with Gasteiger partial charge in [0.2, 0.25) is 0 Å². The lowest BCUT2D eigenvalue weighted by Gasteiger charge is -2.16. The Morgan fingerprint density at radius 2 is 1.89 bits per heavy atom. The van der Waals surface area contributed by atoms with Crippen molar-refractivity contribution in [3.63, 3.8) is 0 Å². The number of fused-ring (bicyclic) bond motifs is 1. The molecule has 28 heavy (non-hydrogen) atoms. The number of halogens is 1. The van der Waals surface area contributed by atoms with Crippen molar-refractivity contribution in [1.29, 1.82) is 0 Å². The molecule has 0 atom stereocenters. The van der Waals surface area contributed by atoms with Crippen LogP contribution in [0.1, 0.15) is 51.4 Å². The Labute approximate surface area is 170 Å². The van der Waals surface area contributed by atoms with E-state index in [0.29, 0.717) is 34.5 Å². The fourth-order valence-corrected chi connectivity index (χ4v) is 3.40. The maximum Gasteiger partial charge on any atom is 0.258 e. The lowest BCUT2D eigenvalue weighted by molar-refractivity contribution is 0.290. The van der Waals surface area contributed by atoms with Crippen LogP contribution in [0.3, 0.4) is 0 Å². The van der Waals surface area contributed by atoms with Gasteiger partial charge in [0.15, 0.2) is 0 Å². The van der Waals surface area contributed by atoms with Crippen molar-refractivity contribution in [1.82, 2.24) is 9.97 Å². The Morgan fingerprint density at radius 3 is 2.57 bits per heavy atom. The summed E-state index contributed by atoms with van der Waals surface area (Å²) in [5.41, 5.74) is 3.72. The smallest absolute Gasteiger partial charge is 0.258 e. The molecular weight excluding hydrogens is 372 g/mol. The van der Waals surface area contributed by atoms with Crippen LogP contribution in [0.5, 0.6) is 5.75 Å². The molecule has 0 amide bonds. The average Bonchev–Trinajstić information content (AvgIpc) is 2.62. The van der Waals surface area contributed by atoms with E-state index in [0.717, 1.165) is 28.6 Å². The van der Waals surface area contributed by atoms with Crippen LogP contribution in [0.25, 0.3) is 22.0 Å². The van der Waals surface area contributed by atoms with Crippen molar-refractivity contribution < 1.29 is 4.74 Å². The van der Waals surface area contributed by atoms with Crippen molar-refractivity contribution in [2.24, 2.45) is 5.92 Å². The Morgan fingerprint density at radius 1 is 1.14 bits per heavy atom. The highest BCUT2D eigenvalue weighted by Gasteiger charge is 2.15. The average molecular weight is 399 g/mol. The number of nitrogens with zero attached hydrogens (tertiary/aromatic N) is 1.